The number of nitrogens with zero attached hydrogens (tertiary/aromatic N) is 1. The van der Waals surface area contributed by atoms with Crippen molar-refractivity contribution < 1.29 is 23.7 Å². The van der Waals surface area contributed by atoms with Crippen molar-refractivity contribution in [2.24, 2.45) is 0 Å². The highest BCUT2D eigenvalue weighted by atomic mass is 16.5. The molecule has 36 heavy (non-hydrogen) atoms. The van der Waals surface area contributed by atoms with E-state index in [0.29, 0.717) is 37.9 Å². The first-order chi connectivity index (χ1) is 17.6. The van der Waals surface area contributed by atoms with Gasteiger partial charge in [0.1, 0.15) is 5.75 Å². The predicted molar refractivity (Wildman–Crippen MR) is 142 cm³/mol. The molecule has 1 amide bonds. The van der Waals surface area contributed by atoms with E-state index in [1.807, 2.05) is 61.5 Å². The number of morpholine rings is 1. The second kappa shape index (κ2) is 12.4. The first kappa shape index (κ1) is 25.5. The number of carbonyl (C=O) groups is 1. The molecule has 7 nitrogen and oxygen atoms in total. The Hall–Kier alpha value is -3.55. The Labute approximate surface area is 212 Å². The normalized spacial score (nSPS) is 15.1. The highest BCUT2D eigenvalue weighted by molar-refractivity contribution is 5.93. The molecule has 3 aromatic rings. The van der Waals surface area contributed by atoms with Gasteiger partial charge in [-0.3, -0.25) is 9.69 Å². The van der Waals surface area contributed by atoms with Crippen LogP contribution in [0, 0.1) is 0 Å². The molecule has 1 aliphatic heterocycles. The number of ether oxygens (including phenoxy) is 4. The number of fused-ring (bicyclic) bond motifs is 1. The van der Waals surface area contributed by atoms with Gasteiger partial charge in [0.2, 0.25) is 5.91 Å². The highest BCUT2D eigenvalue weighted by Gasteiger charge is 2.24. The Bertz CT molecular complexity index is 1200. The molecule has 1 atom stereocenters. The number of hydrogen-bond acceptors (Lipinski definition) is 6. The van der Waals surface area contributed by atoms with Crippen LogP contribution in [-0.4, -0.2) is 64.5 Å². The largest absolute Gasteiger partial charge is 0.497 e. The zero-order valence-electron chi connectivity index (χ0n) is 21.2. The summed E-state index contributed by atoms with van der Waals surface area (Å²) in [5.41, 5.74) is 2.02. The van der Waals surface area contributed by atoms with E-state index in [1.165, 1.54) is 0 Å². The van der Waals surface area contributed by atoms with Crippen LogP contribution in [0.1, 0.15) is 24.1 Å². The standard InChI is InChI=1S/C29H34N2O5/c1-4-36-27-11-9-24(19-28(27)34-3)26(31-13-15-35-16-14-31)20-30-29(32)12-6-21-5-7-23-18-25(33-2)10-8-22(23)17-21/h5-12,17-19,26H,4,13-16,20H2,1-3H3,(H,30,32)/b12-6+. The molecular formula is C29H34N2O5. The molecule has 1 unspecified atom stereocenters. The minimum atomic E-state index is -0.138. The van der Waals surface area contributed by atoms with Gasteiger partial charge in [-0.25, -0.2) is 0 Å². The summed E-state index contributed by atoms with van der Waals surface area (Å²) in [6.45, 7) is 5.93. The lowest BCUT2D eigenvalue weighted by Crippen LogP contribution is -2.43. The van der Waals surface area contributed by atoms with Crippen molar-refractivity contribution >= 4 is 22.8 Å². The number of carbonyl (C=O) groups excluding carboxylic acids is 1. The molecule has 0 aliphatic carbocycles. The Morgan fingerprint density at radius 1 is 1.00 bits per heavy atom. The third-order valence-electron chi connectivity index (χ3n) is 6.33. The third-order valence-corrected chi connectivity index (χ3v) is 6.33. The Kier molecular flexibility index (Phi) is 8.81. The van der Waals surface area contributed by atoms with E-state index in [-0.39, 0.29) is 11.9 Å². The first-order valence-electron chi connectivity index (χ1n) is 12.3. The molecule has 0 bridgehead atoms. The molecule has 0 aromatic heterocycles. The average Bonchev–Trinajstić information content (AvgIpc) is 2.93. The monoisotopic (exact) mass is 490 g/mol. The number of amides is 1. The van der Waals surface area contributed by atoms with E-state index in [2.05, 4.69) is 16.3 Å². The third kappa shape index (κ3) is 6.36. The second-order valence-corrected chi connectivity index (χ2v) is 8.56. The lowest BCUT2D eigenvalue weighted by Gasteiger charge is -2.35. The molecule has 190 valence electrons. The summed E-state index contributed by atoms with van der Waals surface area (Å²) in [7, 11) is 3.30. The number of rotatable bonds is 10. The maximum atomic E-state index is 12.7. The lowest BCUT2D eigenvalue weighted by atomic mass is 10.0. The van der Waals surface area contributed by atoms with Crippen LogP contribution in [0.4, 0.5) is 0 Å². The van der Waals surface area contributed by atoms with Gasteiger partial charge in [0.05, 0.1) is 40.1 Å². The van der Waals surface area contributed by atoms with Gasteiger partial charge in [-0.15, -0.1) is 0 Å². The van der Waals surface area contributed by atoms with Crippen molar-refractivity contribution in [2.75, 3.05) is 53.7 Å². The van der Waals surface area contributed by atoms with Gasteiger partial charge < -0.3 is 24.3 Å². The Balaban J connectivity index is 1.46. The predicted octanol–water partition coefficient (Wildman–Crippen LogP) is 4.46. The Morgan fingerprint density at radius 3 is 2.53 bits per heavy atom. The van der Waals surface area contributed by atoms with Crippen molar-refractivity contribution in [1.29, 1.82) is 0 Å². The van der Waals surface area contributed by atoms with Crippen LogP contribution in [0.2, 0.25) is 0 Å². The van der Waals surface area contributed by atoms with Crippen LogP contribution in [0.5, 0.6) is 17.2 Å². The van der Waals surface area contributed by atoms with Gasteiger partial charge in [0, 0.05) is 25.7 Å². The maximum Gasteiger partial charge on any atom is 0.244 e. The maximum absolute atomic E-state index is 12.7. The number of nitrogens with one attached hydrogen (secondary N) is 1. The summed E-state index contributed by atoms with van der Waals surface area (Å²) in [6.07, 6.45) is 3.42. The van der Waals surface area contributed by atoms with Crippen LogP contribution in [0.15, 0.2) is 60.7 Å². The summed E-state index contributed by atoms with van der Waals surface area (Å²) in [4.78, 5) is 15.1. The zero-order valence-corrected chi connectivity index (χ0v) is 21.2. The fourth-order valence-electron chi connectivity index (χ4n) is 4.41. The fourth-order valence-corrected chi connectivity index (χ4v) is 4.41. The number of methoxy groups -OCH3 is 2. The van der Waals surface area contributed by atoms with Crippen LogP contribution >= 0.6 is 0 Å². The SMILES string of the molecule is CCOc1ccc(C(CNC(=O)/C=C/c2ccc3cc(OC)ccc3c2)N2CCOCC2)cc1OC. The smallest absolute Gasteiger partial charge is 0.244 e. The summed E-state index contributed by atoms with van der Waals surface area (Å²) in [5, 5.41) is 5.27. The van der Waals surface area contributed by atoms with E-state index in [1.54, 1.807) is 20.3 Å². The van der Waals surface area contributed by atoms with Crippen LogP contribution < -0.4 is 19.5 Å². The van der Waals surface area contributed by atoms with Gasteiger partial charge in [-0.05, 0) is 65.2 Å². The molecule has 7 heteroatoms. The molecule has 0 radical (unpaired) electrons. The zero-order chi connectivity index (χ0) is 25.3. The van der Waals surface area contributed by atoms with Gasteiger partial charge >= 0.3 is 0 Å². The highest BCUT2D eigenvalue weighted by Crippen LogP contribution is 2.32. The molecule has 3 aromatic carbocycles. The summed E-state index contributed by atoms with van der Waals surface area (Å²) in [5.74, 6) is 2.09. The van der Waals surface area contributed by atoms with Crippen molar-refractivity contribution in [3.63, 3.8) is 0 Å². The number of hydrogen-bond donors (Lipinski definition) is 1. The summed E-state index contributed by atoms with van der Waals surface area (Å²) >= 11 is 0. The average molecular weight is 491 g/mol. The molecule has 0 spiro atoms. The van der Waals surface area contributed by atoms with Gasteiger partial charge in [0.15, 0.2) is 11.5 Å². The van der Waals surface area contributed by atoms with Gasteiger partial charge in [-0.2, -0.15) is 0 Å². The van der Waals surface area contributed by atoms with Crippen LogP contribution in [0.25, 0.3) is 16.8 Å². The van der Waals surface area contributed by atoms with Gasteiger partial charge in [-0.1, -0.05) is 24.3 Å². The van der Waals surface area contributed by atoms with Crippen molar-refractivity contribution in [2.45, 2.75) is 13.0 Å². The second-order valence-electron chi connectivity index (χ2n) is 8.56. The molecule has 0 saturated carbocycles. The van der Waals surface area contributed by atoms with Crippen molar-refractivity contribution in [3.8, 4) is 17.2 Å². The molecule has 1 aliphatic rings. The molecular weight excluding hydrogens is 456 g/mol. The molecule has 1 N–H and O–H groups in total. The molecule has 1 heterocycles. The van der Waals surface area contributed by atoms with E-state index in [0.717, 1.165) is 40.7 Å². The minimum absolute atomic E-state index is 0.00789. The fraction of sp³-hybridized carbons (Fsp3) is 0.345. The van der Waals surface area contributed by atoms with Crippen molar-refractivity contribution in [1.82, 2.24) is 10.2 Å². The lowest BCUT2D eigenvalue weighted by molar-refractivity contribution is -0.116. The summed E-state index contributed by atoms with van der Waals surface area (Å²) in [6, 6.07) is 18.0. The first-order valence-corrected chi connectivity index (χ1v) is 12.3. The van der Waals surface area contributed by atoms with E-state index in [9.17, 15) is 4.79 Å². The Morgan fingerprint density at radius 2 is 1.78 bits per heavy atom. The van der Waals surface area contributed by atoms with Gasteiger partial charge in [0.25, 0.3) is 0 Å². The minimum Gasteiger partial charge on any atom is -0.497 e. The topological polar surface area (TPSA) is 69.3 Å². The van der Waals surface area contributed by atoms with E-state index in [4.69, 9.17) is 18.9 Å². The quantitative estimate of drug-likeness (QED) is 0.423. The van der Waals surface area contributed by atoms with E-state index < -0.39 is 0 Å². The molecule has 1 saturated heterocycles. The number of benzene rings is 3. The summed E-state index contributed by atoms with van der Waals surface area (Å²) < 4.78 is 22.1. The molecule has 4 rings (SSSR count). The van der Waals surface area contributed by atoms with Crippen LogP contribution in [0.3, 0.4) is 0 Å². The molecule has 1 fully saturated rings. The van der Waals surface area contributed by atoms with Crippen LogP contribution in [-0.2, 0) is 9.53 Å². The van der Waals surface area contributed by atoms with Crippen molar-refractivity contribution in [3.05, 3.63) is 71.8 Å². The van der Waals surface area contributed by atoms with E-state index >= 15 is 0 Å².